The van der Waals surface area contributed by atoms with Crippen molar-refractivity contribution in [3.05, 3.63) is 63.9 Å². The van der Waals surface area contributed by atoms with Crippen LogP contribution >= 0.6 is 15.9 Å². The Morgan fingerprint density at radius 1 is 1.10 bits per heavy atom. The molecule has 0 aromatic heterocycles. The number of ether oxygens (including phenoxy) is 1. The lowest BCUT2D eigenvalue weighted by molar-refractivity contribution is 0.305. The zero-order valence-electron chi connectivity index (χ0n) is 11.6. The topological polar surface area (TPSA) is 21.3 Å². The Bertz CT molecular complexity index is 611. The highest BCUT2D eigenvalue weighted by molar-refractivity contribution is 9.10. The zero-order chi connectivity index (χ0) is 14.7. The summed E-state index contributed by atoms with van der Waals surface area (Å²) < 4.78 is 19.2. The first kappa shape index (κ1) is 14.5. The molecule has 21 heavy (non-hydrogen) atoms. The highest BCUT2D eigenvalue weighted by Crippen LogP contribution is 2.22. The smallest absolute Gasteiger partial charge is 0.137 e. The van der Waals surface area contributed by atoms with Gasteiger partial charge in [0.2, 0.25) is 0 Å². The summed E-state index contributed by atoms with van der Waals surface area (Å²) in [5, 5.41) is 3.49. The Morgan fingerprint density at radius 2 is 1.81 bits per heavy atom. The molecule has 110 valence electrons. The van der Waals surface area contributed by atoms with Crippen molar-refractivity contribution in [2.75, 3.05) is 0 Å². The van der Waals surface area contributed by atoms with Crippen LogP contribution in [0.2, 0.25) is 0 Å². The molecule has 0 unspecified atom stereocenters. The third kappa shape index (κ3) is 4.29. The van der Waals surface area contributed by atoms with Crippen LogP contribution in [0.1, 0.15) is 24.0 Å². The van der Waals surface area contributed by atoms with E-state index in [-0.39, 0.29) is 5.82 Å². The second kappa shape index (κ2) is 6.58. The summed E-state index contributed by atoms with van der Waals surface area (Å²) in [5.74, 6) is 0.373. The predicted octanol–water partition coefficient (Wildman–Crippen LogP) is 4.42. The molecular formula is C17H17BrFNO. The van der Waals surface area contributed by atoms with E-state index in [4.69, 9.17) is 4.74 Å². The minimum absolute atomic E-state index is 0.283. The second-order valence-corrected chi connectivity index (χ2v) is 6.19. The van der Waals surface area contributed by atoms with Crippen LogP contribution in [0.4, 0.5) is 4.39 Å². The first-order chi connectivity index (χ1) is 10.2. The fourth-order valence-electron chi connectivity index (χ4n) is 2.04. The summed E-state index contributed by atoms with van der Waals surface area (Å²) in [6.45, 7) is 1.41. The lowest BCUT2D eigenvalue weighted by Gasteiger charge is -2.08. The molecule has 4 heteroatoms. The van der Waals surface area contributed by atoms with E-state index in [0.717, 1.165) is 18.2 Å². The minimum Gasteiger partial charge on any atom is -0.489 e. The molecule has 0 aliphatic heterocycles. The van der Waals surface area contributed by atoms with Gasteiger partial charge in [0.15, 0.2) is 0 Å². The third-order valence-corrected chi connectivity index (χ3v) is 4.10. The molecule has 1 fully saturated rings. The molecule has 0 spiro atoms. The summed E-state index contributed by atoms with van der Waals surface area (Å²) >= 11 is 3.15. The Balaban J connectivity index is 1.53. The minimum atomic E-state index is -0.283. The molecule has 3 rings (SSSR count). The van der Waals surface area contributed by atoms with E-state index in [1.54, 1.807) is 12.1 Å². The SMILES string of the molecule is Fc1ccc(OCc2ccc(CNC3CC3)cc2)cc1Br. The summed E-state index contributed by atoms with van der Waals surface area (Å²) in [6, 6.07) is 13.8. The van der Waals surface area contributed by atoms with E-state index in [2.05, 4.69) is 45.5 Å². The van der Waals surface area contributed by atoms with Crippen molar-refractivity contribution in [3.8, 4) is 5.75 Å². The summed E-state index contributed by atoms with van der Waals surface area (Å²) in [7, 11) is 0. The number of nitrogens with one attached hydrogen (secondary N) is 1. The van der Waals surface area contributed by atoms with Crippen LogP contribution in [0.5, 0.6) is 5.75 Å². The van der Waals surface area contributed by atoms with Crippen LogP contribution < -0.4 is 10.1 Å². The van der Waals surface area contributed by atoms with Crippen molar-refractivity contribution in [2.45, 2.75) is 32.0 Å². The largest absolute Gasteiger partial charge is 0.489 e. The van der Waals surface area contributed by atoms with Crippen molar-refractivity contribution >= 4 is 15.9 Å². The van der Waals surface area contributed by atoms with Gasteiger partial charge in [-0.25, -0.2) is 4.39 Å². The normalized spacial score (nSPS) is 14.2. The van der Waals surface area contributed by atoms with Gasteiger partial charge in [0.1, 0.15) is 18.2 Å². The van der Waals surface area contributed by atoms with E-state index in [0.29, 0.717) is 16.8 Å². The number of hydrogen-bond donors (Lipinski definition) is 1. The van der Waals surface area contributed by atoms with E-state index in [9.17, 15) is 4.39 Å². The molecule has 1 saturated carbocycles. The number of rotatable bonds is 6. The molecule has 0 radical (unpaired) electrons. The fourth-order valence-corrected chi connectivity index (χ4v) is 2.39. The van der Waals surface area contributed by atoms with Crippen LogP contribution in [0.25, 0.3) is 0 Å². The lowest BCUT2D eigenvalue weighted by Crippen LogP contribution is -2.15. The molecule has 0 amide bonds. The van der Waals surface area contributed by atoms with Gasteiger partial charge in [-0.1, -0.05) is 24.3 Å². The average molecular weight is 350 g/mol. The first-order valence-corrected chi connectivity index (χ1v) is 7.89. The van der Waals surface area contributed by atoms with Gasteiger partial charge in [0.25, 0.3) is 0 Å². The van der Waals surface area contributed by atoms with Gasteiger partial charge in [0, 0.05) is 12.6 Å². The Labute approximate surface area is 132 Å². The molecule has 0 heterocycles. The molecule has 0 bridgehead atoms. The van der Waals surface area contributed by atoms with Crippen LogP contribution in [-0.2, 0) is 13.2 Å². The number of benzene rings is 2. The molecule has 1 aliphatic carbocycles. The predicted molar refractivity (Wildman–Crippen MR) is 84.7 cm³/mol. The molecular weight excluding hydrogens is 333 g/mol. The zero-order valence-corrected chi connectivity index (χ0v) is 13.2. The van der Waals surface area contributed by atoms with E-state index in [1.807, 2.05) is 0 Å². The van der Waals surface area contributed by atoms with Crippen molar-refractivity contribution < 1.29 is 9.13 Å². The van der Waals surface area contributed by atoms with Crippen molar-refractivity contribution in [2.24, 2.45) is 0 Å². The van der Waals surface area contributed by atoms with Gasteiger partial charge in [-0.05, 0) is 58.1 Å². The molecule has 2 aromatic rings. The Hall–Kier alpha value is -1.39. The highest BCUT2D eigenvalue weighted by Gasteiger charge is 2.19. The molecule has 0 atom stereocenters. The maximum atomic E-state index is 13.1. The second-order valence-electron chi connectivity index (χ2n) is 5.34. The van der Waals surface area contributed by atoms with E-state index >= 15 is 0 Å². The van der Waals surface area contributed by atoms with Crippen molar-refractivity contribution in [1.82, 2.24) is 5.32 Å². The maximum absolute atomic E-state index is 13.1. The standard InChI is InChI=1S/C17H17BrFNO/c18-16-9-15(7-8-17(16)19)21-11-13-3-1-12(2-4-13)10-20-14-5-6-14/h1-4,7-9,14,20H,5-6,10-11H2. The van der Waals surface area contributed by atoms with Gasteiger partial charge in [-0.3, -0.25) is 0 Å². The van der Waals surface area contributed by atoms with Crippen LogP contribution in [-0.4, -0.2) is 6.04 Å². The van der Waals surface area contributed by atoms with Crippen LogP contribution in [0.3, 0.4) is 0 Å². The summed E-state index contributed by atoms with van der Waals surface area (Å²) in [4.78, 5) is 0. The van der Waals surface area contributed by atoms with Gasteiger partial charge in [-0.2, -0.15) is 0 Å². The summed E-state index contributed by atoms with van der Waals surface area (Å²) in [5.41, 5.74) is 2.39. The maximum Gasteiger partial charge on any atom is 0.137 e. The monoisotopic (exact) mass is 349 g/mol. The van der Waals surface area contributed by atoms with Gasteiger partial charge >= 0.3 is 0 Å². The van der Waals surface area contributed by atoms with E-state index < -0.39 is 0 Å². The quantitative estimate of drug-likeness (QED) is 0.833. The number of halogens is 2. The highest BCUT2D eigenvalue weighted by atomic mass is 79.9. The van der Waals surface area contributed by atoms with Gasteiger partial charge < -0.3 is 10.1 Å². The third-order valence-electron chi connectivity index (χ3n) is 3.49. The van der Waals surface area contributed by atoms with Gasteiger partial charge in [-0.15, -0.1) is 0 Å². The molecule has 2 aromatic carbocycles. The molecule has 0 saturated heterocycles. The van der Waals surface area contributed by atoms with Crippen LogP contribution in [0.15, 0.2) is 46.9 Å². The first-order valence-electron chi connectivity index (χ1n) is 7.10. The Kier molecular flexibility index (Phi) is 4.56. The summed E-state index contributed by atoms with van der Waals surface area (Å²) in [6.07, 6.45) is 2.61. The van der Waals surface area contributed by atoms with Crippen molar-refractivity contribution in [1.29, 1.82) is 0 Å². The number of hydrogen-bond acceptors (Lipinski definition) is 2. The average Bonchev–Trinajstić information content (AvgIpc) is 3.32. The van der Waals surface area contributed by atoms with Crippen molar-refractivity contribution in [3.63, 3.8) is 0 Å². The molecule has 1 N–H and O–H groups in total. The molecule has 2 nitrogen and oxygen atoms in total. The molecule has 1 aliphatic rings. The van der Waals surface area contributed by atoms with Crippen LogP contribution in [0, 0.1) is 5.82 Å². The van der Waals surface area contributed by atoms with E-state index in [1.165, 1.54) is 24.5 Å². The lowest BCUT2D eigenvalue weighted by atomic mass is 10.1. The fraction of sp³-hybridized carbons (Fsp3) is 0.294. The van der Waals surface area contributed by atoms with Gasteiger partial charge in [0.05, 0.1) is 4.47 Å². The Morgan fingerprint density at radius 3 is 2.48 bits per heavy atom.